The van der Waals surface area contributed by atoms with E-state index in [0.29, 0.717) is 0 Å². The van der Waals surface area contributed by atoms with Crippen LogP contribution >= 0.6 is 0 Å². The van der Waals surface area contributed by atoms with E-state index in [-0.39, 0.29) is 0 Å². The Morgan fingerprint density at radius 1 is 0.905 bits per heavy atom. The van der Waals surface area contributed by atoms with Gasteiger partial charge in [0.2, 0.25) is 0 Å². The number of hydrogen-bond acceptors (Lipinski definition) is 2. The van der Waals surface area contributed by atoms with Crippen LogP contribution < -0.4 is 4.90 Å². The van der Waals surface area contributed by atoms with Crippen LogP contribution in [0.1, 0.15) is 42.6 Å². The molecule has 2 heteroatoms. The van der Waals surface area contributed by atoms with Crippen LogP contribution in [0.2, 0.25) is 0 Å². The van der Waals surface area contributed by atoms with Gasteiger partial charge in [-0.2, -0.15) is 0 Å². The summed E-state index contributed by atoms with van der Waals surface area (Å²) in [6.07, 6.45) is 4.65. The fraction of sp³-hybridized carbons (Fsp3) is 0.368. The maximum Gasteiger partial charge on any atom is 0.0761 e. The van der Waals surface area contributed by atoms with Crippen molar-refractivity contribution in [2.24, 2.45) is 0 Å². The number of fused-ring (bicyclic) bond motifs is 1. The number of benzene rings is 2. The van der Waals surface area contributed by atoms with Gasteiger partial charge in [0, 0.05) is 18.4 Å². The number of rotatable bonds is 3. The zero-order valence-corrected chi connectivity index (χ0v) is 12.8. The second-order valence-corrected chi connectivity index (χ2v) is 5.99. The normalized spacial score (nSPS) is 15.4. The molecule has 0 bridgehead atoms. The second kappa shape index (κ2) is 5.90. The Hall–Kier alpha value is -1.80. The maximum atomic E-state index is 9.59. The Bertz CT molecular complexity index is 616. The fourth-order valence-electron chi connectivity index (χ4n) is 3.05. The predicted molar refractivity (Wildman–Crippen MR) is 88.2 cm³/mol. The van der Waals surface area contributed by atoms with Crippen LogP contribution in [-0.4, -0.2) is 12.2 Å². The Labute approximate surface area is 127 Å². The minimum Gasteiger partial charge on any atom is -0.389 e. The second-order valence-electron chi connectivity index (χ2n) is 5.99. The lowest BCUT2D eigenvalue weighted by Gasteiger charge is -2.23. The Balaban J connectivity index is 1.85. The van der Waals surface area contributed by atoms with Crippen molar-refractivity contribution in [3.05, 3.63) is 59.2 Å². The van der Waals surface area contributed by atoms with E-state index < -0.39 is 6.10 Å². The van der Waals surface area contributed by atoms with E-state index in [4.69, 9.17) is 0 Å². The molecule has 0 radical (unpaired) electrons. The number of aryl methyl sites for hydroxylation is 2. The van der Waals surface area contributed by atoms with Gasteiger partial charge in [0.15, 0.2) is 0 Å². The quantitative estimate of drug-likeness (QED) is 0.902. The molecular weight excluding hydrogens is 258 g/mol. The van der Waals surface area contributed by atoms with Crippen molar-refractivity contribution >= 4 is 11.4 Å². The maximum absolute atomic E-state index is 9.59. The Morgan fingerprint density at radius 3 is 2.19 bits per heavy atom. The molecule has 1 atom stereocenters. The topological polar surface area (TPSA) is 23.5 Å². The number of hydrogen-bond donors (Lipinski definition) is 1. The third-order valence-electron chi connectivity index (χ3n) is 4.48. The largest absolute Gasteiger partial charge is 0.389 e. The molecule has 2 aromatic rings. The number of aliphatic hydroxyl groups is 1. The summed E-state index contributed by atoms with van der Waals surface area (Å²) in [7, 11) is 2.10. The summed E-state index contributed by atoms with van der Waals surface area (Å²) in [5.41, 5.74) is 6.36. The van der Waals surface area contributed by atoms with Gasteiger partial charge in [-0.1, -0.05) is 18.2 Å². The fourth-order valence-corrected chi connectivity index (χ4v) is 3.05. The van der Waals surface area contributed by atoms with Crippen molar-refractivity contribution < 1.29 is 5.11 Å². The molecule has 0 aliphatic heterocycles. The van der Waals surface area contributed by atoms with Crippen LogP contribution in [-0.2, 0) is 12.8 Å². The molecule has 0 heterocycles. The Morgan fingerprint density at radius 2 is 1.52 bits per heavy atom. The van der Waals surface area contributed by atoms with Crippen LogP contribution in [0, 0.1) is 0 Å². The van der Waals surface area contributed by atoms with Crippen LogP contribution in [0.5, 0.6) is 0 Å². The van der Waals surface area contributed by atoms with Gasteiger partial charge in [0.25, 0.3) is 0 Å². The van der Waals surface area contributed by atoms with Gasteiger partial charge >= 0.3 is 0 Å². The van der Waals surface area contributed by atoms with Gasteiger partial charge in [-0.3, -0.25) is 0 Å². The zero-order chi connectivity index (χ0) is 14.8. The van der Waals surface area contributed by atoms with Crippen LogP contribution in [0.4, 0.5) is 11.4 Å². The van der Waals surface area contributed by atoms with Crippen LogP contribution in [0.15, 0.2) is 42.5 Å². The summed E-state index contributed by atoms with van der Waals surface area (Å²) < 4.78 is 0. The molecule has 1 N–H and O–H groups in total. The van der Waals surface area contributed by atoms with Crippen molar-refractivity contribution in [3.63, 3.8) is 0 Å². The molecular formula is C19H23NO. The minimum atomic E-state index is -0.409. The summed E-state index contributed by atoms with van der Waals surface area (Å²) in [6, 6.07) is 15.0. The number of nitrogens with zero attached hydrogens (tertiary/aromatic N) is 1. The monoisotopic (exact) mass is 281 g/mol. The van der Waals surface area contributed by atoms with Gasteiger partial charge in [-0.15, -0.1) is 0 Å². The van der Waals surface area contributed by atoms with Crippen LogP contribution in [0.25, 0.3) is 0 Å². The van der Waals surface area contributed by atoms with E-state index in [0.717, 1.165) is 11.3 Å². The Kier molecular flexibility index (Phi) is 3.98. The summed E-state index contributed by atoms with van der Waals surface area (Å²) in [5, 5.41) is 9.59. The van der Waals surface area contributed by atoms with Crippen molar-refractivity contribution in [1.29, 1.82) is 0 Å². The molecule has 0 saturated carbocycles. The van der Waals surface area contributed by atoms with Gasteiger partial charge in [-0.25, -0.2) is 0 Å². The molecule has 1 aliphatic rings. The third kappa shape index (κ3) is 2.96. The molecule has 1 aliphatic carbocycles. The first-order valence-electron chi connectivity index (χ1n) is 7.79. The summed E-state index contributed by atoms with van der Waals surface area (Å²) in [6.45, 7) is 1.79. The average Bonchev–Trinajstić information content (AvgIpc) is 2.54. The smallest absolute Gasteiger partial charge is 0.0761 e. The van der Waals surface area contributed by atoms with Crippen LogP contribution in [0.3, 0.4) is 0 Å². The highest BCUT2D eigenvalue weighted by Gasteiger charge is 2.12. The van der Waals surface area contributed by atoms with Gasteiger partial charge in [-0.05, 0) is 73.6 Å². The number of aliphatic hydroxyl groups excluding tert-OH is 1. The molecule has 0 saturated heterocycles. The minimum absolute atomic E-state index is 0.409. The molecule has 2 nitrogen and oxygen atoms in total. The highest BCUT2D eigenvalue weighted by atomic mass is 16.3. The van der Waals surface area contributed by atoms with E-state index in [1.165, 1.54) is 42.5 Å². The molecule has 3 rings (SSSR count). The van der Waals surface area contributed by atoms with Crippen molar-refractivity contribution in [1.82, 2.24) is 0 Å². The first-order valence-corrected chi connectivity index (χ1v) is 7.79. The summed E-state index contributed by atoms with van der Waals surface area (Å²) in [4.78, 5) is 2.21. The van der Waals surface area contributed by atoms with E-state index in [1.807, 2.05) is 12.1 Å². The van der Waals surface area contributed by atoms with E-state index in [2.05, 4.69) is 42.3 Å². The van der Waals surface area contributed by atoms with Gasteiger partial charge in [0.05, 0.1) is 6.10 Å². The van der Waals surface area contributed by atoms with E-state index in [1.54, 1.807) is 6.92 Å². The molecule has 0 fully saturated rings. The SMILES string of the molecule is CC(O)c1ccc(N(C)c2ccc3c(c2)CCCC3)cc1. The molecule has 1 unspecified atom stereocenters. The molecule has 0 amide bonds. The third-order valence-corrected chi connectivity index (χ3v) is 4.48. The molecule has 21 heavy (non-hydrogen) atoms. The van der Waals surface area contributed by atoms with Crippen molar-refractivity contribution in [2.75, 3.05) is 11.9 Å². The predicted octanol–water partition coefficient (Wildman–Crippen LogP) is 4.39. The highest BCUT2D eigenvalue weighted by Crippen LogP contribution is 2.29. The van der Waals surface area contributed by atoms with Gasteiger partial charge < -0.3 is 10.0 Å². The number of anilines is 2. The van der Waals surface area contributed by atoms with Crippen molar-refractivity contribution in [2.45, 2.75) is 38.7 Å². The van der Waals surface area contributed by atoms with E-state index >= 15 is 0 Å². The van der Waals surface area contributed by atoms with Gasteiger partial charge in [0.1, 0.15) is 0 Å². The lowest BCUT2D eigenvalue weighted by Crippen LogP contribution is -2.11. The average molecular weight is 281 g/mol. The zero-order valence-electron chi connectivity index (χ0n) is 12.8. The molecule has 2 aromatic carbocycles. The summed E-state index contributed by atoms with van der Waals surface area (Å²) >= 11 is 0. The van der Waals surface area contributed by atoms with E-state index in [9.17, 15) is 5.11 Å². The molecule has 0 spiro atoms. The molecule has 110 valence electrons. The standard InChI is InChI=1S/C19H23NO/c1-14(21)15-7-10-18(11-8-15)20(2)19-12-9-16-5-3-4-6-17(16)13-19/h7-14,21H,3-6H2,1-2H3. The summed E-state index contributed by atoms with van der Waals surface area (Å²) in [5.74, 6) is 0. The first-order chi connectivity index (χ1) is 10.1. The molecule has 0 aromatic heterocycles. The van der Waals surface area contributed by atoms with Crippen molar-refractivity contribution in [3.8, 4) is 0 Å². The first kappa shape index (κ1) is 14.2. The lowest BCUT2D eigenvalue weighted by molar-refractivity contribution is 0.199. The lowest BCUT2D eigenvalue weighted by atomic mass is 9.91. The highest BCUT2D eigenvalue weighted by molar-refractivity contribution is 5.64.